The molecule has 0 aliphatic carbocycles. The molecule has 1 N–H and O–H groups in total. The first-order valence-electron chi connectivity index (χ1n) is 6.70. The average molecular weight is 364 g/mol. The third kappa shape index (κ3) is 3.75. The lowest BCUT2D eigenvalue weighted by Crippen LogP contribution is -2.18. The van der Waals surface area contributed by atoms with Gasteiger partial charge < -0.3 is 0 Å². The lowest BCUT2D eigenvalue weighted by Gasteiger charge is -2.17. The Labute approximate surface area is 147 Å². The third-order valence-corrected chi connectivity index (χ3v) is 4.98. The van der Waals surface area contributed by atoms with Crippen LogP contribution in [0.1, 0.15) is 15.9 Å². The molecule has 2 aromatic rings. The molecule has 1 aliphatic rings. The fourth-order valence-electron chi connectivity index (χ4n) is 2.02. The molecule has 0 saturated carbocycles. The van der Waals surface area contributed by atoms with Gasteiger partial charge in [-0.3, -0.25) is 9.78 Å². The largest absolute Gasteiger partial charge is 0.271 e. The van der Waals surface area contributed by atoms with Crippen LogP contribution in [0.3, 0.4) is 0 Å². The minimum absolute atomic E-state index is 0.299. The number of halogens is 2. The Morgan fingerprint density at radius 1 is 1.26 bits per heavy atom. The number of aromatic nitrogens is 1. The number of amides is 1. The maximum atomic E-state index is 11.9. The van der Waals surface area contributed by atoms with Crippen molar-refractivity contribution in [3.8, 4) is 0 Å². The summed E-state index contributed by atoms with van der Waals surface area (Å²) >= 11 is 14.1. The second-order valence-corrected chi connectivity index (χ2v) is 6.53. The van der Waals surface area contributed by atoms with Gasteiger partial charge in [-0.1, -0.05) is 23.2 Å². The zero-order chi connectivity index (χ0) is 16.2. The van der Waals surface area contributed by atoms with Gasteiger partial charge in [0.2, 0.25) is 0 Å². The number of rotatable bonds is 3. The van der Waals surface area contributed by atoms with Crippen LogP contribution in [-0.2, 0) is 0 Å². The number of nitrogens with one attached hydrogen (secondary N) is 1. The molecule has 4 nitrogen and oxygen atoms in total. The monoisotopic (exact) mass is 363 g/mol. The van der Waals surface area contributed by atoms with Gasteiger partial charge in [0.15, 0.2) is 0 Å². The Morgan fingerprint density at radius 2 is 2.04 bits per heavy atom. The van der Waals surface area contributed by atoms with Gasteiger partial charge in [0.05, 0.1) is 11.2 Å². The van der Waals surface area contributed by atoms with E-state index in [1.54, 1.807) is 42.5 Å². The van der Waals surface area contributed by atoms with Crippen LogP contribution in [0.4, 0.5) is 0 Å². The first-order chi connectivity index (χ1) is 11.1. The molecule has 0 spiro atoms. The molecule has 0 saturated heterocycles. The van der Waals surface area contributed by atoms with E-state index in [4.69, 9.17) is 23.2 Å². The van der Waals surface area contributed by atoms with Crippen LogP contribution in [0.2, 0.25) is 5.02 Å². The summed E-state index contributed by atoms with van der Waals surface area (Å²) in [6.45, 7) is 0. The maximum absolute atomic E-state index is 11.9. The Kier molecular flexibility index (Phi) is 5.00. The number of thioether (sulfide) groups is 1. The number of carbonyl (C=O) groups excluding carboxylic acids is 1. The van der Waals surface area contributed by atoms with Crippen molar-refractivity contribution in [1.29, 1.82) is 0 Å². The van der Waals surface area contributed by atoms with Gasteiger partial charge in [0, 0.05) is 44.8 Å². The molecule has 0 unspecified atom stereocenters. The molecule has 0 radical (unpaired) electrons. The standard InChI is InChI=1S/C16H11Cl2N3OS/c17-12-1-2-14-13(7-12)15(18)11(9-23-14)8-20-21-16(22)10-3-5-19-6-4-10/h1-8H,9H2,(H,21,22)/b20-8-. The molecular formula is C16H11Cl2N3OS. The minimum Gasteiger partial charge on any atom is -0.267 e. The fraction of sp³-hybridized carbons (Fsp3) is 0.0625. The summed E-state index contributed by atoms with van der Waals surface area (Å²) in [5.74, 6) is 0.384. The van der Waals surface area contributed by atoms with E-state index in [0.29, 0.717) is 21.4 Å². The van der Waals surface area contributed by atoms with Crippen LogP contribution in [0.25, 0.3) is 5.03 Å². The molecular weight excluding hydrogens is 353 g/mol. The second kappa shape index (κ2) is 7.17. The summed E-state index contributed by atoms with van der Waals surface area (Å²) in [4.78, 5) is 16.8. The highest BCUT2D eigenvalue weighted by molar-refractivity contribution is 7.99. The van der Waals surface area contributed by atoms with E-state index in [0.717, 1.165) is 16.0 Å². The third-order valence-electron chi connectivity index (χ3n) is 3.17. The number of carbonyl (C=O) groups is 1. The lowest BCUT2D eigenvalue weighted by atomic mass is 10.1. The Bertz CT molecular complexity index is 806. The summed E-state index contributed by atoms with van der Waals surface area (Å²) in [6.07, 6.45) is 4.67. The number of hydrazone groups is 1. The highest BCUT2D eigenvalue weighted by Gasteiger charge is 2.17. The van der Waals surface area contributed by atoms with Gasteiger partial charge in [-0.05, 0) is 30.3 Å². The minimum atomic E-state index is -0.299. The van der Waals surface area contributed by atoms with Gasteiger partial charge in [0.1, 0.15) is 0 Å². The molecule has 0 atom stereocenters. The van der Waals surface area contributed by atoms with Crippen molar-refractivity contribution in [2.45, 2.75) is 4.90 Å². The highest BCUT2D eigenvalue weighted by atomic mass is 35.5. The SMILES string of the molecule is O=C(N/N=C\C1=C(Cl)c2cc(Cl)ccc2SC1)c1ccncc1. The van der Waals surface area contributed by atoms with Crippen molar-refractivity contribution in [2.75, 3.05) is 5.75 Å². The molecule has 3 rings (SSSR count). The van der Waals surface area contributed by atoms with Crippen molar-refractivity contribution >= 4 is 52.1 Å². The fourth-order valence-corrected chi connectivity index (χ4v) is 3.61. The molecule has 116 valence electrons. The van der Waals surface area contributed by atoms with Crippen molar-refractivity contribution in [1.82, 2.24) is 10.4 Å². The van der Waals surface area contributed by atoms with E-state index in [9.17, 15) is 4.79 Å². The summed E-state index contributed by atoms with van der Waals surface area (Å²) in [5.41, 5.74) is 4.69. The maximum Gasteiger partial charge on any atom is 0.271 e. The molecule has 1 aromatic carbocycles. The molecule has 1 amide bonds. The molecule has 2 heterocycles. The number of pyridine rings is 1. The lowest BCUT2D eigenvalue weighted by molar-refractivity contribution is 0.0955. The quantitative estimate of drug-likeness (QED) is 0.656. The van der Waals surface area contributed by atoms with Crippen molar-refractivity contribution in [3.05, 3.63) is 64.4 Å². The van der Waals surface area contributed by atoms with Crippen LogP contribution < -0.4 is 5.43 Å². The Morgan fingerprint density at radius 3 is 2.83 bits per heavy atom. The van der Waals surface area contributed by atoms with E-state index < -0.39 is 0 Å². The molecule has 1 aliphatic heterocycles. The normalized spacial score (nSPS) is 14.0. The van der Waals surface area contributed by atoms with Crippen LogP contribution >= 0.6 is 35.0 Å². The van der Waals surface area contributed by atoms with Gasteiger partial charge in [0.25, 0.3) is 5.91 Å². The predicted molar refractivity (Wildman–Crippen MR) is 95.1 cm³/mol. The number of fused-ring (bicyclic) bond motifs is 1. The number of hydrogen-bond donors (Lipinski definition) is 1. The van der Waals surface area contributed by atoms with E-state index in [1.807, 2.05) is 18.2 Å². The van der Waals surface area contributed by atoms with Gasteiger partial charge in [-0.15, -0.1) is 11.8 Å². The highest BCUT2D eigenvalue weighted by Crippen LogP contribution is 2.39. The van der Waals surface area contributed by atoms with Crippen molar-refractivity contribution in [2.24, 2.45) is 5.10 Å². The second-order valence-electron chi connectivity index (χ2n) is 4.70. The van der Waals surface area contributed by atoms with Crippen LogP contribution in [0.15, 0.2) is 58.3 Å². The zero-order valence-electron chi connectivity index (χ0n) is 11.8. The van der Waals surface area contributed by atoms with E-state index in [1.165, 1.54) is 0 Å². The van der Waals surface area contributed by atoms with E-state index >= 15 is 0 Å². The van der Waals surface area contributed by atoms with Gasteiger partial charge in [-0.2, -0.15) is 5.10 Å². The zero-order valence-corrected chi connectivity index (χ0v) is 14.1. The molecule has 0 fully saturated rings. The number of nitrogens with zero attached hydrogens (tertiary/aromatic N) is 2. The molecule has 0 bridgehead atoms. The van der Waals surface area contributed by atoms with Crippen molar-refractivity contribution < 1.29 is 4.79 Å². The Balaban J connectivity index is 1.75. The van der Waals surface area contributed by atoms with Crippen LogP contribution in [0.5, 0.6) is 0 Å². The summed E-state index contributed by atoms with van der Waals surface area (Å²) in [5, 5.41) is 5.21. The van der Waals surface area contributed by atoms with E-state index in [-0.39, 0.29) is 5.91 Å². The van der Waals surface area contributed by atoms with Crippen LogP contribution in [-0.4, -0.2) is 22.9 Å². The topological polar surface area (TPSA) is 54.4 Å². The summed E-state index contributed by atoms with van der Waals surface area (Å²) < 4.78 is 0. The van der Waals surface area contributed by atoms with Gasteiger partial charge in [-0.25, -0.2) is 5.43 Å². The van der Waals surface area contributed by atoms with Crippen molar-refractivity contribution in [3.63, 3.8) is 0 Å². The first kappa shape index (κ1) is 16.1. The van der Waals surface area contributed by atoms with E-state index in [2.05, 4.69) is 15.5 Å². The summed E-state index contributed by atoms with van der Waals surface area (Å²) in [6, 6.07) is 8.85. The molecule has 7 heteroatoms. The Hall–Kier alpha value is -1.82. The average Bonchev–Trinajstić information content (AvgIpc) is 2.58. The van der Waals surface area contributed by atoms with Crippen LogP contribution in [0, 0.1) is 0 Å². The number of benzene rings is 1. The predicted octanol–water partition coefficient (Wildman–Crippen LogP) is 4.21. The van der Waals surface area contributed by atoms with Gasteiger partial charge >= 0.3 is 0 Å². The molecule has 1 aromatic heterocycles. The molecule has 23 heavy (non-hydrogen) atoms. The first-order valence-corrected chi connectivity index (χ1v) is 8.44. The number of hydrogen-bond acceptors (Lipinski definition) is 4. The summed E-state index contributed by atoms with van der Waals surface area (Å²) in [7, 11) is 0. The smallest absolute Gasteiger partial charge is 0.267 e.